The van der Waals surface area contributed by atoms with Gasteiger partial charge in [0, 0.05) is 6.42 Å². The third-order valence-corrected chi connectivity index (χ3v) is 2.11. The molecule has 0 rings (SSSR count). The maximum absolute atomic E-state index is 11.0. The van der Waals surface area contributed by atoms with E-state index in [9.17, 15) is 4.79 Å². The standard InChI is InChI=1S/C11H22O2/c1-4-6-10(3)8-9-13-11(12)7-5-2/h10H,4-9H2,1-3H3. The average molecular weight is 186 g/mol. The third-order valence-electron chi connectivity index (χ3n) is 2.11. The van der Waals surface area contributed by atoms with Crippen LogP contribution in [0.1, 0.15) is 52.9 Å². The SMILES string of the molecule is CCCC(=O)OCCC(C)CCC. The molecule has 0 heterocycles. The minimum atomic E-state index is -0.0498. The van der Waals surface area contributed by atoms with Crippen LogP contribution in [-0.2, 0) is 9.53 Å². The summed E-state index contributed by atoms with van der Waals surface area (Å²) in [5, 5.41) is 0. The van der Waals surface area contributed by atoms with E-state index < -0.39 is 0 Å². The van der Waals surface area contributed by atoms with E-state index in [2.05, 4.69) is 13.8 Å². The van der Waals surface area contributed by atoms with E-state index >= 15 is 0 Å². The van der Waals surface area contributed by atoms with E-state index in [1.165, 1.54) is 12.8 Å². The second-order valence-electron chi connectivity index (χ2n) is 3.65. The molecule has 0 aromatic heterocycles. The summed E-state index contributed by atoms with van der Waals surface area (Å²) in [6.45, 7) is 6.97. The first-order chi connectivity index (χ1) is 6.20. The summed E-state index contributed by atoms with van der Waals surface area (Å²) in [5.41, 5.74) is 0. The molecule has 0 aromatic rings. The van der Waals surface area contributed by atoms with Crippen molar-refractivity contribution in [1.29, 1.82) is 0 Å². The molecule has 13 heavy (non-hydrogen) atoms. The highest BCUT2D eigenvalue weighted by Gasteiger charge is 2.03. The molecular weight excluding hydrogens is 164 g/mol. The lowest BCUT2D eigenvalue weighted by Crippen LogP contribution is -2.08. The first kappa shape index (κ1) is 12.5. The van der Waals surface area contributed by atoms with Gasteiger partial charge in [0.15, 0.2) is 0 Å². The van der Waals surface area contributed by atoms with Crippen molar-refractivity contribution < 1.29 is 9.53 Å². The summed E-state index contributed by atoms with van der Waals surface area (Å²) in [7, 11) is 0. The van der Waals surface area contributed by atoms with Crippen LogP contribution in [0.2, 0.25) is 0 Å². The summed E-state index contributed by atoms with van der Waals surface area (Å²) in [4.78, 5) is 11.0. The normalized spacial score (nSPS) is 12.5. The molecule has 2 heteroatoms. The van der Waals surface area contributed by atoms with Crippen LogP contribution in [0, 0.1) is 5.92 Å². The topological polar surface area (TPSA) is 26.3 Å². The van der Waals surface area contributed by atoms with E-state index in [1.807, 2.05) is 6.92 Å². The van der Waals surface area contributed by atoms with Gasteiger partial charge >= 0.3 is 5.97 Å². The van der Waals surface area contributed by atoms with Crippen molar-refractivity contribution >= 4 is 5.97 Å². The Morgan fingerprint density at radius 2 is 1.92 bits per heavy atom. The fourth-order valence-corrected chi connectivity index (χ4v) is 1.29. The summed E-state index contributed by atoms with van der Waals surface area (Å²) in [6, 6.07) is 0. The van der Waals surface area contributed by atoms with E-state index in [0.717, 1.165) is 12.8 Å². The molecule has 1 atom stereocenters. The van der Waals surface area contributed by atoms with Crippen LogP contribution in [0.25, 0.3) is 0 Å². The van der Waals surface area contributed by atoms with E-state index in [1.54, 1.807) is 0 Å². The summed E-state index contributed by atoms with van der Waals surface area (Å²) in [6.07, 6.45) is 4.88. The fourth-order valence-electron chi connectivity index (χ4n) is 1.29. The van der Waals surface area contributed by atoms with Gasteiger partial charge in [-0.25, -0.2) is 0 Å². The van der Waals surface area contributed by atoms with Gasteiger partial charge < -0.3 is 4.74 Å². The number of hydrogen-bond acceptors (Lipinski definition) is 2. The molecule has 2 nitrogen and oxygen atoms in total. The highest BCUT2D eigenvalue weighted by atomic mass is 16.5. The van der Waals surface area contributed by atoms with Gasteiger partial charge in [0.25, 0.3) is 0 Å². The maximum Gasteiger partial charge on any atom is 0.305 e. The monoisotopic (exact) mass is 186 g/mol. The Hall–Kier alpha value is -0.530. The van der Waals surface area contributed by atoms with E-state index in [4.69, 9.17) is 4.74 Å². The maximum atomic E-state index is 11.0. The van der Waals surface area contributed by atoms with Gasteiger partial charge in [0.1, 0.15) is 0 Å². The molecule has 0 saturated heterocycles. The van der Waals surface area contributed by atoms with Crippen LogP contribution >= 0.6 is 0 Å². The lowest BCUT2D eigenvalue weighted by Gasteiger charge is -2.09. The van der Waals surface area contributed by atoms with Gasteiger partial charge in [0.2, 0.25) is 0 Å². The fraction of sp³-hybridized carbons (Fsp3) is 0.909. The Morgan fingerprint density at radius 3 is 2.46 bits per heavy atom. The molecular formula is C11H22O2. The second-order valence-corrected chi connectivity index (χ2v) is 3.65. The smallest absolute Gasteiger partial charge is 0.305 e. The molecule has 1 unspecified atom stereocenters. The summed E-state index contributed by atoms with van der Waals surface area (Å²) >= 11 is 0. The van der Waals surface area contributed by atoms with Crippen LogP contribution < -0.4 is 0 Å². The predicted molar refractivity (Wildman–Crippen MR) is 54.6 cm³/mol. The van der Waals surface area contributed by atoms with Crippen molar-refractivity contribution in [3.63, 3.8) is 0 Å². The summed E-state index contributed by atoms with van der Waals surface area (Å²) in [5.74, 6) is 0.630. The largest absolute Gasteiger partial charge is 0.466 e. The quantitative estimate of drug-likeness (QED) is 0.571. The third kappa shape index (κ3) is 7.82. The zero-order valence-electron chi connectivity index (χ0n) is 9.14. The van der Waals surface area contributed by atoms with E-state index in [-0.39, 0.29) is 5.97 Å². The molecule has 0 aliphatic carbocycles. The van der Waals surface area contributed by atoms with Crippen molar-refractivity contribution in [2.45, 2.75) is 52.9 Å². The zero-order valence-corrected chi connectivity index (χ0v) is 9.14. The highest BCUT2D eigenvalue weighted by Crippen LogP contribution is 2.09. The minimum Gasteiger partial charge on any atom is -0.466 e. The van der Waals surface area contributed by atoms with Crippen molar-refractivity contribution in [2.24, 2.45) is 5.92 Å². The van der Waals surface area contributed by atoms with Crippen LogP contribution in [0.3, 0.4) is 0 Å². The molecule has 0 fully saturated rings. The first-order valence-electron chi connectivity index (χ1n) is 5.36. The van der Waals surface area contributed by atoms with Crippen LogP contribution in [0.5, 0.6) is 0 Å². The lowest BCUT2D eigenvalue weighted by molar-refractivity contribution is -0.144. The number of esters is 1. The van der Waals surface area contributed by atoms with Crippen molar-refractivity contribution in [3.05, 3.63) is 0 Å². The van der Waals surface area contributed by atoms with Crippen molar-refractivity contribution in [2.75, 3.05) is 6.61 Å². The number of hydrogen-bond donors (Lipinski definition) is 0. The molecule has 0 spiro atoms. The zero-order chi connectivity index (χ0) is 10.1. The molecule has 0 aliphatic rings. The Balaban J connectivity index is 3.28. The summed E-state index contributed by atoms with van der Waals surface area (Å²) < 4.78 is 5.06. The number of ether oxygens (including phenoxy) is 1. The Morgan fingerprint density at radius 1 is 1.23 bits per heavy atom. The molecule has 0 aliphatic heterocycles. The van der Waals surface area contributed by atoms with Crippen molar-refractivity contribution in [1.82, 2.24) is 0 Å². The van der Waals surface area contributed by atoms with Crippen LogP contribution in [-0.4, -0.2) is 12.6 Å². The van der Waals surface area contributed by atoms with Gasteiger partial charge in [-0.15, -0.1) is 0 Å². The van der Waals surface area contributed by atoms with Gasteiger partial charge in [-0.05, 0) is 18.8 Å². The minimum absolute atomic E-state index is 0.0498. The Labute approximate surface area is 81.7 Å². The molecule has 0 radical (unpaired) electrons. The number of carbonyl (C=O) groups is 1. The average Bonchev–Trinajstić information content (AvgIpc) is 2.05. The van der Waals surface area contributed by atoms with Gasteiger partial charge in [-0.2, -0.15) is 0 Å². The molecule has 0 N–H and O–H groups in total. The predicted octanol–water partition coefficient (Wildman–Crippen LogP) is 3.16. The Bertz CT molecular complexity index is 132. The second kappa shape index (κ2) is 8.09. The van der Waals surface area contributed by atoms with Crippen molar-refractivity contribution in [3.8, 4) is 0 Å². The van der Waals surface area contributed by atoms with Crippen LogP contribution in [0.15, 0.2) is 0 Å². The lowest BCUT2D eigenvalue weighted by atomic mass is 10.0. The molecule has 0 amide bonds. The molecule has 0 bridgehead atoms. The molecule has 0 aromatic carbocycles. The van der Waals surface area contributed by atoms with Gasteiger partial charge in [-0.1, -0.05) is 33.6 Å². The molecule has 0 saturated carbocycles. The van der Waals surface area contributed by atoms with Crippen LogP contribution in [0.4, 0.5) is 0 Å². The number of rotatable bonds is 7. The Kier molecular flexibility index (Phi) is 7.76. The highest BCUT2D eigenvalue weighted by molar-refractivity contribution is 5.69. The van der Waals surface area contributed by atoms with E-state index in [0.29, 0.717) is 18.9 Å². The van der Waals surface area contributed by atoms with Gasteiger partial charge in [0.05, 0.1) is 6.61 Å². The number of carbonyl (C=O) groups excluding carboxylic acids is 1. The first-order valence-corrected chi connectivity index (χ1v) is 5.36. The molecule has 78 valence electrons. The van der Waals surface area contributed by atoms with Gasteiger partial charge in [-0.3, -0.25) is 4.79 Å².